The van der Waals surface area contributed by atoms with Gasteiger partial charge in [-0.25, -0.2) is 4.68 Å². The Hall–Kier alpha value is -3.19. The zero-order valence-corrected chi connectivity index (χ0v) is 21.0. The summed E-state index contributed by atoms with van der Waals surface area (Å²) < 4.78 is 19.1. The van der Waals surface area contributed by atoms with Crippen molar-refractivity contribution in [2.75, 3.05) is 13.2 Å². The highest BCUT2D eigenvalue weighted by Crippen LogP contribution is 2.36. The van der Waals surface area contributed by atoms with E-state index in [2.05, 4.69) is 34.3 Å². The number of ether oxygens (including phenoxy) is 3. The smallest absolute Gasteiger partial charge is 0.308 e. The molecular weight excluding hydrogens is 454 g/mol. The summed E-state index contributed by atoms with van der Waals surface area (Å²) >= 11 is 0. The van der Waals surface area contributed by atoms with Crippen LogP contribution in [0.2, 0.25) is 0 Å². The van der Waals surface area contributed by atoms with Crippen LogP contribution in [0, 0.1) is 5.92 Å². The third kappa shape index (κ3) is 5.78. The van der Waals surface area contributed by atoms with E-state index < -0.39 is 0 Å². The first-order chi connectivity index (χ1) is 17.7. The van der Waals surface area contributed by atoms with Crippen molar-refractivity contribution < 1.29 is 19.0 Å². The van der Waals surface area contributed by atoms with E-state index in [1.54, 1.807) is 12.4 Å². The van der Waals surface area contributed by atoms with Gasteiger partial charge >= 0.3 is 5.97 Å². The molecule has 190 valence electrons. The molecule has 1 saturated carbocycles. The van der Waals surface area contributed by atoms with E-state index in [0.717, 1.165) is 74.3 Å². The fraction of sp³-hybridized carbons (Fsp3) is 0.483. The van der Waals surface area contributed by atoms with Gasteiger partial charge in [-0.2, -0.15) is 5.10 Å². The van der Waals surface area contributed by atoms with Gasteiger partial charge in [-0.15, -0.1) is 0 Å². The zero-order chi connectivity index (χ0) is 24.7. The van der Waals surface area contributed by atoms with Crippen molar-refractivity contribution >= 4 is 5.97 Å². The van der Waals surface area contributed by atoms with Crippen LogP contribution >= 0.6 is 0 Å². The minimum atomic E-state index is -0.0375. The molecule has 7 nitrogen and oxygen atoms in total. The van der Waals surface area contributed by atoms with Crippen LogP contribution in [0.3, 0.4) is 0 Å². The molecule has 1 aromatic carbocycles. The normalized spacial score (nSPS) is 22.2. The SMILES string of the molecule is CCOC(=O)C1CCC(c2cccc(COc3ccc(-c4ccnn4C4CCCCO4)nc3)c2)CC1. The summed E-state index contributed by atoms with van der Waals surface area (Å²) in [7, 11) is 0. The highest BCUT2D eigenvalue weighted by molar-refractivity contribution is 5.72. The van der Waals surface area contributed by atoms with Gasteiger partial charge in [0.25, 0.3) is 0 Å². The molecule has 1 atom stereocenters. The minimum Gasteiger partial charge on any atom is -0.487 e. The quantitative estimate of drug-likeness (QED) is 0.358. The number of nitrogens with zero attached hydrogens (tertiary/aromatic N) is 3. The van der Waals surface area contributed by atoms with Gasteiger partial charge in [-0.05, 0) is 87.1 Å². The summed E-state index contributed by atoms with van der Waals surface area (Å²) in [5.74, 6) is 1.23. The Morgan fingerprint density at radius 1 is 1.08 bits per heavy atom. The number of carbonyl (C=O) groups is 1. The van der Waals surface area contributed by atoms with Gasteiger partial charge in [0.1, 0.15) is 12.4 Å². The van der Waals surface area contributed by atoms with Crippen molar-refractivity contribution in [3.8, 4) is 17.1 Å². The Labute approximate surface area is 212 Å². The molecule has 0 amide bonds. The Balaban J connectivity index is 1.17. The van der Waals surface area contributed by atoms with E-state index in [1.807, 2.05) is 29.8 Å². The van der Waals surface area contributed by atoms with E-state index >= 15 is 0 Å². The third-order valence-corrected chi connectivity index (χ3v) is 7.27. The largest absolute Gasteiger partial charge is 0.487 e. The van der Waals surface area contributed by atoms with E-state index in [0.29, 0.717) is 19.1 Å². The second-order valence-corrected chi connectivity index (χ2v) is 9.70. The van der Waals surface area contributed by atoms with Crippen molar-refractivity contribution in [3.63, 3.8) is 0 Å². The molecular formula is C29H35N3O4. The molecule has 2 aromatic heterocycles. The van der Waals surface area contributed by atoms with Gasteiger partial charge in [0.2, 0.25) is 0 Å². The van der Waals surface area contributed by atoms with Crippen LogP contribution in [0.1, 0.15) is 75.1 Å². The number of pyridine rings is 1. The maximum Gasteiger partial charge on any atom is 0.308 e. The summed E-state index contributed by atoms with van der Waals surface area (Å²) in [5, 5.41) is 4.48. The summed E-state index contributed by atoms with van der Waals surface area (Å²) in [5.41, 5.74) is 4.27. The molecule has 2 aliphatic rings. The van der Waals surface area contributed by atoms with E-state index in [4.69, 9.17) is 14.2 Å². The van der Waals surface area contributed by atoms with Crippen LogP contribution in [-0.2, 0) is 20.9 Å². The highest BCUT2D eigenvalue weighted by atomic mass is 16.5. The van der Waals surface area contributed by atoms with Gasteiger partial charge in [-0.3, -0.25) is 9.78 Å². The molecule has 0 radical (unpaired) electrons. The molecule has 3 aromatic rings. The number of rotatable bonds is 8. The monoisotopic (exact) mass is 489 g/mol. The second kappa shape index (κ2) is 11.7. The van der Waals surface area contributed by atoms with Gasteiger partial charge in [0.15, 0.2) is 6.23 Å². The Bertz CT molecular complexity index is 1130. The lowest BCUT2D eigenvalue weighted by atomic mass is 9.78. The summed E-state index contributed by atoms with van der Waals surface area (Å²) in [6, 6.07) is 14.5. The van der Waals surface area contributed by atoms with E-state index in [9.17, 15) is 4.79 Å². The first-order valence-electron chi connectivity index (χ1n) is 13.2. The molecule has 1 aliphatic carbocycles. The first-order valence-corrected chi connectivity index (χ1v) is 13.2. The van der Waals surface area contributed by atoms with E-state index in [1.165, 1.54) is 5.56 Å². The van der Waals surface area contributed by atoms with Gasteiger partial charge in [-0.1, -0.05) is 24.3 Å². The van der Waals surface area contributed by atoms with E-state index in [-0.39, 0.29) is 18.1 Å². The summed E-state index contributed by atoms with van der Waals surface area (Å²) in [6.07, 6.45) is 10.6. The van der Waals surface area contributed by atoms with Gasteiger partial charge in [0, 0.05) is 12.8 Å². The average molecular weight is 490 g/mol. The number of aromatic nitrogens is 3. The predicted molar refractivity (Wildman–Crippen MR) is 136 cm³/mol. The molecule has 5 rings (SSSR count). The Morgan fingerprint density at radius 3 is 2.72 bits per heavy atom. The lowest BCUT2D eigenvalue weighted by Gasteiger charge is -2.27. The molecule has 0 bridgehead atoms. The zero-order valence-electron chi connectivity index (χ0n) is 21.0. The van der Waals surface area contributed by atoms with Crippen molar-refractivity contribution in [2.45, 2.75) is 70.6 Å². The van der Waals surface area contributed by atoms with Crippen molar-refractivity contribution in [2.24, 2.45) is 5.92 Å². The standard InChI is InChI=1S/C29H35N3O4/c1-2-34-29(33)23-11-9-22(10-12-23)24-7-5-6-21(18-24)20-36-25-13-14-26(30-19-25)27-15-16-31-32(27)28-8-3-4-17-35-28/h5-7,13-16,18-19,22-23,28H,2-4,8-12,17,20H2,1H3. The second-order valence-electron chi connectivity index (χ2n) is 9.70. The average Bonchev–Trinajstić information content (AvgIpc) is 3.43. The van der Waals surface area contributed by atoms with Crippen molar-refractivity contribution in [1.29, 1.82) is 0 Å². The Kier molecular flexibility index (Phi) is 7.96. The van der Waals surface area contributed by atoms with Gasteiger partial charge in [0.05, 0.1) is 30.1 Å². The lowest BCUT2D eigenvalue weighted by Crippen LogP contribution is -2.23. The molecule has 0 N–H and O–H groups in total. The fourth-order valence-electron chi connectivity index (χ4n) is 5.31. The molecule has 1 unspecified atom stereocenters. The number of hydrogen-bond acceptors (Lipinski definition) is 6. The van der Waals surface area contributed by atoms with Crippen LogP contribution in [0.15, 0.2) is 54.9 Å². The van der Waals surface area contributed by atoms with Crippen LogP contribution in [0.5, 0.6) is 5.75 Å². The number of benzene rings is 1. The molecule has 36 heavy (non-hydrogen) atoms. The highest BCUT2D eigenvalue weighted by Gasteiger charge is 2.28. The molecule has 1 saturated heterocycles. The minimum absolute atomic E-state index is 0.0195. The molecule has 0 spiro atoms. The number of hydrogen-bond donors (Lipinski definition) is 0. The maximum absolute atomic E-state index is 12.0. The first kappa shape index (κ1) is 24.5. The molecule has 7 heteroatoms. The summed E-state index contributed by atoms with van der Waals surface area (Å²) in [6.45, 7) is 3.59. The molecule has 2 fully saturated rings. The van der Waals surface area contributed by atoms with Crippen LogP contribution in [0.4, 0.5) is 0 Å². The number of carbonyl (C=O) groups excluding carboxylic acids is 1. The molecule has 1 aliphatic heterocycles. The Morgan fingerprint density at radius 2 is 1.97 bits per heavy atom. The van der Waals surface area contributed by atoms with Crippen LogP contribution in [0.25, 0.3) is 11.4 Å². The third-order valence-electron chi connectivity index (χ3n) is 7.27. The van der Waals surface area contributed by atoms with Crippen LogP contribution < -0.4 is 4.74 Å². The number of esters is 1. The molecule has 3 heterocycles. The predicted octanol–water partition coefficient (Wildman–Crippen LogP) is 6.06. The fourth-order valence-corrected chi connectivity index (χ4v) is 5.31. The lowest BCUT2D eigenvalue weighted by molar-refractivity contribution is -0.149. The summed E-state index contributed by atoms with van der Waals surface area (Å²) in [4.78, 5) is 16.7. The topological polar surface area (TPSA) is 75.5 Å². The maximum atomic E-state index is 12.0. The van der Waals surface area contributed by atoms with Crippen molar-refractivity contribution in [3.05, 3.63) is 66.0 Å². The van der Waals surface area contributed by atoms with Crippen molar-refractivity contribution in [1.82, 2.24) is 14.8 Å². The van der Waals surface area contributed by atoms with Gasteiger partial charge < -0.3 is 14.2 Å². The van der Waals surface area contributed by atoms with Crippen LogP contribution in [-0.4, -0.2) is 33.9 Å².